The van der Waals surface area contributed by atoms with E-state index in [4.69, 9.17) is 9.47 Å². The Balaban J connectivity index is 1.31. The van der Waals surface area contributed by atoms with Crippen molar-refractivity contribution in [3.63, 3.8) is 0 Å². The fraction of sp³-hybridized carbons (Fsp3) is 0.769. The van der Waals surface area contributed by atoms with Gasteiger partial charge in [0, 0.05) is 18.9 Å². The van der Waals surface area contributed by atoms with E-state index in [1.807, 2.05) is 12.2 Å². The number of aliphatic hydroxyl groups is 1. The minimum absolute atomic E-state index is 0.00924. The lowest BCUT2D eigenvalue weighted by atomic mass is 10.0. The van der Waals surface area contributed by atoms with Crippen LogP contribution in [0.3, 0.4) is 0 Å². The topological polar surface area (TPSA) is 134 Å². The summed E-state index contributed by atoms with van der Waals surface area (Å²) < 4.78 is 10.6. The van der Waals surface area contributed by atoms with Gasteiger partial charge in [0.25, 0.3) is 0 Å². The highest BCUT2D eigenvalue weighted by Crippen LogP contribution is 2.52. The molecule has 0 spiro atoms. The number of hydrogen-bond donors (Lipinski definition) is 3. The van der Waals surface area contributed by atoms with Crippen LogP contribution < -0.4 is 10.6 Å². The zero-order chi connectivity index (χ0) is 25.4. The quantitative estimate of drug-likeness (QED) is 0.392. The van der Waals surface area contributed by atoms with E-state index in [1.54, 1.807) is 0 Å². The Morgan fingerprint density at radius 2 is 1.92 bits per heavy atom. The fourth-order valence-electron chi connectivity index (χ4n) is 6.33. The van der Waals surface area contributed by atoms with Crippen molar-refractivity contribution in [1.82, 2.24) is 15.5 Å². The van der Waals surface area contributed by atoms with Gasteiger partial charge in [0.15, 0.2) is 0 Å². The standard InChI is InChI=1S/C26H37N3O7/c1-35-24(33)26-13-17(26)7-5-3-2-4-6-8-20(27-25(34)36-19-10-15-9-16(15)11-19)23(32)29-14-18(30)12-21(29)22(31)28-26/h5,7,15-21,30H,2-4,6,8-14H2,1H3,(H,27,34)(H,28,31)/b7-5-/t15-,16+,17-,18+,19?,20+,21+,26-/m1/s1. The van der Waals surface area contributed by atoms with E-state index in [9.17, 15) is 24.3 Å². The number of methoxy groups -OCH3 is 1. The van der Waals surface area contributed by atoms with Gasteiger partial charge in [-0.25, -0.2) is 9.59 Å². The van der Waals surface area contributed by atoms with Crippen molar-refractivity contribution >= 4 is 23.9 Å². The number of nitrogens with one attached hydrogen (secondary N) is 2. The van der Waals surface area contributed by atoms with Crippen LogP contribution in [0, 0.1) is 17.8 Å². The number of rotatable bonds is 3. The minimum Gasteiger partial charge on any atom is -0.467 e. The van der Waals surface area contributed by atoms with Gasteiger partial charge in [-0.1, -0.05) is 25.0 Å². The van der Waals surface area contributed by atoms with E-state index in [-0.39, 0.29) is 25.0 Å². The molecule has 2 heterocycles. The first-order valence-electron chi connectivity index (χ1n) is 13.3. The monoisotopic (exact) mass is 503 g/mol. The molecule has 5 aliphatic rings. The summed E-state index contributed by atoms with van der Waals surface area (Å²) in [5, 5.41) is 15.9. The van der Waals surface area contributed by atoms with Crippen LogP contribution in [0.5, 0.6) is 0 Å². The van der Waals surface area contributed by atoms with Crippen molar-refractivity contribution < 1.29 is 33.8 Å². The summed E-state index contributed by atoms with van der Waals surface area (Å²) in [6, 6.07) is -1.79. The second kappa shape index (κ2) is 10.0. The molecule has 10 nitrogen and oxygen atoms in total. The molecule has 3 N–H and O–H groups in total. The fourth-order valence-corrected chi connectivity index (χ4v) is 6.33. The summed E-state index contributed by atoms with van der Waals surface area (Å²) in [6.07, 6.45) is 9.62. The third-order valence-corrected chi connectivity index (χ3v) is 8.57. The van der Waals surface area contributed by atoms with E-state index in [0.717, 1.165) is 38.5 Å². The van der Waals surface area contributed by atoms with E-state index in [2.05, 4.69) is 10.6 Å². The molecule has 0 aromatic heterocycles. The third kappa shape index (κ3) is 5.10. The maximum Gasteiger partial charge on any atom is 0.408 e. The summed E-state index contributed by atoms with van der Waals surface area (Å²) in [5.74, 6) is -0.255. The molecule has 0 aromatic carbocycles. The number of aliphatic hydroxyl groups excluding tert-OH is 1. The van der Waals surface area contributed by atoms with Crippen LogP contribution in [0.15, 0.2) is 12.2 Å². The number of carbonyl (C=O) groups is 4. The molecule has 1 saturated heterocycles. The summed E-state index contributed by atoms with van der Waals surface area (Å²) in [6.45, 7) is -0.00924. The summed E-state index contributed by atoms with van der Waals surface area (Å²) in [5.41, 5.74) is -1.14. The Labute approximate surface area is 211 Å². The first kappa shape index (κ1) is 25.0. The van der Waals surface area contributed by atoms with E-state index >= 15 is 0 Å². The lowest BCUT2D eigenvalue weighted by Gasteiger charge is -2.29. The van der Waals surface area contributed by atoms with Crippen molar-refractivity contribution in [2.45, 2.75) is 94.0 Å². The lowest BCUT2D eigenvalue weighted by Crippen LogP contribution is -2.56. The first-order chi connectivity index (χ1) is 17.3. The van der Waals surface area contributed by atoms with Gasteiger partial charge in [0.1, 0.15) is 23.7 Å². The van der Waals surface area contributed by atoms with Gasteiger partial charge in [0.2, 0.25) is 11.8 Å². The van der Waals surface area contributed by atoms with Gasteiger partial charge in [-0.3, -0.25) is 9.59 Å². The summed E-state index contributed by atoms with van der Waals surface area (Å²) >= 11 is 0. The normalized spacial score (nSPS) is 40.9. The SMILES string of the molecule is COC(=O)[C@@]12C[C@H]1/C=C\CCCCC[C@H](NC(=O)OC1C[C@@H]3C[C@@H]3C1)C(=O)N1C[C@@H](O)C[C@H]1C(=O)N2. The van der Waals surface area contributed by atoms with Crippen LogP contribution in [-0.2, 0) is 23.9 Å². The molecule has 0 bridgehead atoms. The predicted molar refractivity (Wildman–Crippen MR) is 127 cm³/mol. The molecule has 5 rings (SSSR count). The second-order valence-electron chi connectivity index (χ2n) is 11.2. The minimum atomic E-state index is -1.14. The van der Waals surface area contributed by atoms with E-state index in [0.29, 0.717) is 24.7 Å². The number of esters is 1. The number of alkyl carbamates (subject to hydrolysis) is 1. The molecule has 0 radical (unpaired) electrons. The van der Waals surface area contributed by atoms with Crippen LogP contribution in [-0.4, -0.2) is 77.4 Å². The molecule has 3 amide bonds. The molecule has 0 aromatic rings. The highest BCUT2D eigenvalue weighted by molar-refractivity contribution is 5.96. The van der Waals surface area contributed by atoms with Gasteiger partial charge < -0.3 is 30.1 Å². The molecule has 1 unspecified atom stereocenters. The second-order valence-corrected chi connectivity index (χ2v) is 11.2. The number of nitrogens with zero attached hydrogens (tertiary/aromatic N) is 1. The summed E-state index contributed by atoms with van der Waals surface area (Å²) in [7, 11) is 1.29. The van der Waals surface area contributed by atoms with Crippen LogP contribution in [0.2, 0.25) is 0 Å². The average molecular weight is 504 g/mol. The Morgan fingerprint density at radius 3 is 2.67 bits per heavy atom. The molecule has 3 aliphatic carbocycles. The number of ether oxygens (including phenoxy) is 2. The third-order valence-electron chi connectivity index (χ3n) is 8.57. The highest BCUT2D eigenvalue weighted by atomic mass is 16.6. The van der Waals surface area contributed by atoms with Crippen LogP contribution in [0.4, 0.5) is 4.79 Å². The van der Waals surface area contributed by atoms with Gasteiger partial charge in [0.05, 0.1) is 13.2 Å². The average Bonchev–Trinajstić information content (AvgIpc) is 3.65. The highest BCUT2D eigenvalue weighted by Gasteiger charge is 2.62. The van der Waals surface area contributed by atoms with Crippen molar-refractivity contribution in [3.8, 4) is 0 Å². The molecule has 2 aliphatic heterocycles. The molecule has 4 fully saturated rings. The van der Waals surface area contributed by atoms with Crippen molar-refractivity contribution in [2.75, 3.05) is 13.7 Å². The smallest absolute Gasteiger partial charge is 0.408 e. The van der Waals surface area contributed by atoms with Gasteiger partial charge >= 0.3 is 12.1 Å². The molecule has 8 atom stereocenters. The molecule has 198 valence electrons. The van der Waals surface area contributed by atoms with Crippen molar-refractivity contribution in [1.29, 1.82) is 0 Å². The van der Waals surface area contributed by atoms with Gasteiger partial charge in [-0.2, -0.15) is 0 Å². The predicted octanol–water partition coefficient (Wildman–Crippen LogP) is 1.41. The molecule has 10 heteroatoms. The Morgan fingerprint density at radius 1 is 1.14 bits per heavy atom. The number of amides is 3. The first-order valence-corrected chi connectivity index (χ1v) is 13.3. The maximum atomic E-state index is 13.6. The van der Waals surface area contributed by atoms with Crippen molar-refractivity contribution in [3.05, 3.63) is 12.2 Å². The largest absolute Gasteiger partial charge is 0.467 e. The van der Waals surface area contributed by atoms with Gasteiger partial charge in [-0.05, 0) is 56.8 Å². The number of allylic oxidation sites excluding steroid dienone is 1. The lowest BCUT2D eigenvalue weighted by molar-refractivity contribution is -0.148. The molecule has 3 saturated carbocycles. The van der Waals surface area contributed by atoms with E-state index in [1.165, 1.54) is 18.4 Å². The van der Waals surface area contributed by atoms with Crippen molar-refractivity contribution in [2.24, 2.45) is 17.8 Å². The maximum absolute atomic E-state index is 13.6. The number of hydrogen-bond acceptors (Lipinski definition) is 7. The Hall–Kier alpha value is -2.62. The number of fused-ring (bicyclic) bond motifs is 3. The zero-order valence-corrected chi connectivity index (χ0v) is 20.8. The van der Waals surface area contributed by atoms with Gasteiger partial charge in [-0.15, -0.1) is 0 Å². The van der Waals surface area contributed by atoms with Crippen LogP contribution >= 0.6 is 0 Å². The van der Waals surface area contributed by atoms with Crippen LogP contribution in [0.1, 0.15) is 64.2 Å². The Kier molecular flexibility index (Phi) is 6.98. The molecule has 36 heavy (non-hydrogen) atoms. The molecular weight excluding hydrogens is 466 g/mol. The zero-order valence-electron chi connectivity index (χ0n) is 20.8. The van der Waals surface area contributed by atoms with Crippen LogP contribution in [0.25, 0.3) is 0 Å². The molecular formula is C26H37N3O7. The Bertz CT molecular complexity index is 928. The number of carbonyl (C=O) groups excluding carboxylic acids is 4. The summed E-state index contributed by atoms with van der Waals surface area (Å²) in [4.78, 5) is 53.5. The van der Waals surface area contributed by atoms with E-state index < -0.39 is 47.6 Å².